The van der Waals surface area contributed by atoms with Gasteiger partial charge >= 0.3 is 0 Å². The molecule has 0 amide bonds. The Morgan fingerprint density at radius 1 is 1.44 bits per heavy atom. The third-order valence-electron chi connectivity index (χ3n) is 1.33. The third-order valence-corrected chi connectivity index (χ3v) is 1.33. The van der Waals surface area contributed by atoms with Gasteiger partial charge in [0.15, 0.2) is 5.78 Å². The van der Waals surface area contributed by atoms with E-state index in [0.717, 1.165) is 5.57 Å². The molecule has 1 heteroatoms. The number of carbonyl (C=O) groups is 1. The van der Waals surface area contributed by atoms with Crippen molar-refractivity contribution in [3.05, 3.63) is 23.8 Å². The minimum Gasteiger partial charge on any atom is -0.295 e. The molecule has 0 radical (unpaired) electrons. The van der Waals surface area contributed by atoms with Gasteiger partial charge < -0.3 is 0 Å². The molecular formula is C8H12O. The lowest BCUT2D eigenvalue weighted by molar-refractivity contribution is -0.113. The predicted molar refractivity (Wildman–Crippen MR) is 39.3 cm³/mol. The molecule has 0 N–H and O–H groups in total. The zero-order valence-corrected chi connectivity index (χ0v) is 6.19. The quantitative estimate of drug-likeness (QED) is 0.407. The van der Waals surface area contributed by atoms with Gasteiger partial charge in [0, 0.05) is 5.57 Å². The molecule has 0 spiro atoms. The minimum atomic E-state index is 0.0469. The lowest BCUT2D eigenvalue weighted by Crippen LogP contribution is -1.94. The van der Waals surface area contributed by atoms with E-state index in [1.807, 2.05) is 19.9 Å². The molecule has 0 aliphatic carbocycles. The van der Waals surface area contributed by atoms with Crippen molar-refractivity contribution in [2.24, 2.45) is 0 Å². The molecular weight excluding hydrogens is 112 g/mol. The zero-order valence-electron chi connectivity index (χ0n) is 6.19. The molecule has 0 rings (SSSR count). The normalized spacial score (nSPS) is 11.2. The highest BCUT2D eigenvalue weighted by molar-refractivity contribution is 5.96. The first-order chi connectivity index (χ1) is 4.09. The van der Waals surface area contributed by atoms with Crippen LogP contribution >= 0.6 is 0 Å². The van der Waals surface area contributed by atoms with Crippen LogP contribution in [0.2, 0.25) is 0 Å². The number of carbonyl (C=O) groups excluding carboxylic acids is 1. The van der Waals surface area contributed by atoms with Crippen LogP contribution < -0.4 is 0 Å². The van der Waals surface area contributed by atoms with Crippen molar-refractivity contribution in [2.75, 3.05) is 0 Å². The highest BCUT2D eigenvalue weighted by Crippen LogP contribution is 2.05. The summed E-state index contributed by atoms with van der Waals surface area (Å²) in [6, 6.07) is 0. The average Bonchev–Trinajstić information content (AvgIpc) is 1.84. The fourth-order valence-electron chi connectivity index (χ4n) is 0.452. The molecule has 0 saturated carbocycles. The summed E-state index contributed by atoms with van der Waals surface area (Å²) in [6.45, 7) is 8.90. The van der Waals surface area contributed by atoms with Crippen molar-refractivity contribution in [3.8, 4) is 0 Å². The predicted octanol–water partition coefficient (Wildman–Crippen LogP) is 2.10. The van der Waals surface area contributed by atoms with Crippen LogP contribution in [-0.4, -0.2) is 5.78 Å². The van der Waals surface area contributed by atoms with E-state index in [0.29, 0.717) is 5.57 Å². The molecule has 0 heterocycles. The van der Waals surface area contributed by atoms with Gasteiger partial charge in [0.2, 0.25) is 0 Å². The van der Waals surface area contributed by atoms with E-state index in [1.54, 1.807) is 0 Å². The molecule has 0 aliphatic rings. The van der Waals surface area contributed by atoms with E-state index in [4.69, 9.17) is 0 Å². The van der Waals surface area contributed by atoms with Crippen LogP contribution in [0.3, 0.4) is 0 Å². The number of ketones is 1. The van der Waals surface area contributed by atoms with Crippen LogP contribution in [0, 0.1) is 0 Å². The summed E-state index contributed by atoms with van der Waals surface area (Å²) in [4.78, 5) is 10.6. The molecule has 0 aromatic carbocycles. The van der Waals surface area contributed by atoms with E-state index >= 15 is 0 Å². The van der Waals surface area contributed by atoms with E-state index in [9.17, 15) is 4.79 Å². The highest BCUT2D eigenvalue weighted by Gasteiger charge is 1.99. The summed E-state index contributed by atoms with van der Waals surface area (Å²) in [6.07, 6.45) is 1.88. The number of rotatable bonds is 2. The van der Waals surface area contributed by atoms with Gasteiger partial charge in [-0.2, -0.15) is 0 Å². The van der Waals surface area contributed by atoms with Crippen LogP contribution in [0.1, 0.15) is 20.8 Å². The van der Waals surface area contributed by atoms with Crippen molar-refractivity contribution in [1.82, 2.24) is 0 Å². The number of hydrogen-bond donors (Lipinski definition) is 0. The Morgan fingerprint density at radius 3 is 2.00 bits per heavy atom. The van der Waals surface area contributed by atoms with Crippen LogP contribution in [-0.2, 0) is 4.79 Å². The highest BCUT2D eigenvalue weighted by atomic mass is 16.1. The lowest BCUT2D eigenvalue weighted by Gasteiger charge is -1.97. The van der Waals surface area contributed by atoms with Gasteiger partial charge in [-0.05, 0) is 26.3 Å². The molecule has 0 aliphatic heterocycles. The molecule has 50 valence electrons. The molecule has 0 saturated heterocycles. The molecule has 0 fully saturated rings. The van der Waals surface area contributed by atoms with Crippen molar-refractivity contribution in [2.45, 2.75) is 20.8 Å². The summed E-state index contributed by atoms with van der Waals surface area (Å²) >= 11 is 0. The molecule has 0 unspecified atom stereocenters. The molecule has 0 aromatic heterocycles. The Balaban J connectivity index is 4.23. The van der Waals surface area contributed by atoms with Crippen molar-refractivity contribution < 1.29 is 4.79 Å². The van der Waals surface area contributed by atoms with Gasteiger partial charge in [0.05, 0.1) is 0 Å². The fraction of sp³-hybridized carbons (Fsp3) is 0.375. The van der Waals surface area contributed by atoms with Gasteiger partial charge in [-0.15, -0.1) is 0 Å². The second-order valence-electron chi connectivity index (χ2n) is 2.01. The molecule has 1 nitrogen and oxygen atoms in total. The summed E-state index contributed by atoms with van der Waals surface area (Å²) in [5.74, 6) is 0.0469. The standard InChI is InChI=1S/C8H12O/c1-5-6(2)7(3)8(4)9/h5H,3H2,1-2,4H3/b6-5+. The molecule has 0 atom stereocenters. The topological polar surface area (TPSA) is 17.1 Å². The third kappa shape index (κ3) is 2.27. The fourth-order valence-corrected chi connectivity index (χ4v) is 0.452. The summed E-state index contributed by atoms with van der Waals surface area (Å²) < 4.78 is 0. The van der Waals surface area contributed by atoms with Gasteiger partial charge in [0.1, 0.15) is 0 Å². The monoisotopic (exact) mass is 124 g/mol. The SMILES string of the molecule is C=C(C(C)=O)/C(C)=C/C. The van der Waals surface area contributed by atoms with Gasteiger partial charge in [-0.3, -0.25) is 4.79 Å². The van der Waals surface area contributed by atoms with Crippen LogP contribution in [0.5, 0.6) is 0 Å². The van der Waals surface area contributed by atoms with Crippen molar-refractivity contribution >= 4 is 5.78 Å². The summed E-state index contributed by atoms with van der Waals surface area (Å²) in [5.41, 5.74) is 1.57. The zero-order chi connectivity index (χ0) is 7.44. The Kier molecular flexibility index (Phi) is 2.93. The van der Waals surface area contributed by atoms with E-state index in [2.05, 4.69) is 6.58 Å². The summed E-state index contributed by atoms with van der Waals surface area (Å²) in [7, 11) is 0. The Morgan fingerprint density at radius 2 is 1.89 bits per heavy atom. The van der Waals surface area contributed by atoms with Gasteiger partial charge in [0.25, 0.3) is 0 Å². The maximum atomic E-state index is 10.6. The molecule has 0 aromatic rings. The van der Waals surface area contributed by atoms with Crippen LogP contribution in [0.25, 0.3) is 0 Å². The van der Waals surface area contributed by atoms with Crippen LogP contribution in [0.15, 0.2) is 23.8 Å². The Hall–Kier alpha value is -0.850. The molecule has 0 bridgehead atoms. The van der Waals surface area contributed by atoms with Crippen molar-refractivity contribution in [3.63, 3.8) is 0 Å². The van der Waals surface area contributed by atoms with E-state index in [-0.39, 0.29) is 5.78 Å². The first-order valence-electron chi connectivity index (χ1n) is 2.92. The van der Waals surface area contributed by atoms with Gasteiger partial charge in [-0.1, -0.05) is 12.7 Å². The second kappa shape index (κ2) is 3.23. The van der Waals surface area contributed by atoms with E-state index in [1.165, 1.54) is 6.92 Å². The first-order valence-corrected chi connectivity index (χ1v) is 2.92. The Bertz CT molecular complexity index is 163. The minimum absolute atomic E-state index is 0.0469. The number of allylic oxidation sites excluding steroid dienone is 3. The first kappa shape index (κ1) is 8.15. The maximum absolute atomic E-state index is 10.6. The Labute approximate surface area is 56.1 Å². The number of Topliss-reactive ketones (excluding diaryl/α,β-unsaturated/α-hetero) is 1. The lowest BCUT2D eigenvalue weighted by atomic mass is 10.1. The van der Waals surface area contributed by atoms with Gasteiger partial charge in [-0.25, -0.2) is 0 Å². The smallest absolute Gasteiger partial charge is 0.159 e. The van der Waals surface area contributed by atoms with Crippen LogP contribution in [0.4, 0.5) is 0 Å². The van der Waals surface area contributed by atoms with Crippen molar-refractivity contribution in [1.29, 1.82) is 0 Å². The largest absolute Gasteiger partial charge is 0.295 e. The maximum Gasteiger partial charge on any atom is 0.159 e. The van der Waals surface area contributed by atoms with E-state index < -0.39 is 0 Å². The molecule has 9 heavy (non-hydrogen) atoms. The second-order valence-corrected chi connectivity index (χ2v) is 2.01. The summed E-state index contributed by atoms with van der Waals surface area (Å²) in [5, 5.41) is 0. The number of hydrogen-bond acceptors (Lipinski definition) is 1. The average molecular weight is 124 g/mol.